The Hall–Kier alpha value is -1.44. The average molecular weight is 276 g/mol. The topological polar surface area (TPSA) is 110 Å². The van der Waals surface area contributed by atoms with Crippen LogP contribution in [0, 0.1) is 5.92 Å². The molecule has 2 unspecified atom stereocenters. The van der Waals surface area contributed by atoms with Crippen molar-refractivity contribution in [2.45, 2.75) is 31.9 Å². The molecule has 102 valence electrons. The third-order valence-corrected chi connectivity index (χ3v) is 4.03. The van der Waals surface area contributed by atoms with E-state index in [9.17, 15) is 13.2 Å². The van der Waals surface area contributed by atoms with E-state index in [0.717, 1.165) is 6.26 Å². The second-order valence-electron chi connectivity index (χ2n) is 4.43. The van der Waals surface area contributed by atoms with Crippen molar-refractivity contribution in [3.63, 3.8) is 0 Å². The van der Waals surface area contributed by atoms with E-state index in [1.807, 2.05) is 0 Å². The molecule has 18 heavy (non-hydrogen) atoms. The lowest BCUT2D eigenvalue weighted by Gasteiger charge is -2.04. The molecule has 1 heterocycles. The molecule has 1 rings (SSSR count). The largest absolute Gasteiger partial charge is 0.481 e. The van der Waals surface area contributed by atoms with Crippen LogP contribution in [-0.2, 0) is 21.1 Å². The van der Waals surface area contributed by atoms with Crippen molar-refractivity contribution in [3.05, 3.63) is 11.7 Å². The average Bonchev–Trinajstić information content (AvgIpc) is 2.61. The molecule has 1 aromatic heterocycles. The molecule has 0 aromatic carbocycles. The molecule has 8 heteroatoms. The molecule has 0 aliphatic carbocycles. The van der Waals surface area contributed by atoms with Gasteiger partial charge in [-0.25, -0.2) is 8.42 Å². The number of aromatic nitrogens is 2. The van der Waals surface area contributed by atoms with Crippen molar-refractivity contribution < 1.29 is 22.8 Å². The van der Waals surface area contributed by atoms with Crippen LogP contribution in [0.25, 0.3) is 0 Å². The number of hydrogen-bond acceptors (Lipinski definition) is 6. The summed E-state index contributed by atoms with van der Waals surface area (Å²) in [5.74, 6) is -0.680. The van der Waals surface area contributed by atoms with Crippen LogP contribution in [0.2, 0.25) is 0 Å². The number of aliphatic carboxylic acids is 1. The van der Waals surface area contributed by atoms with Crippen LogP contribution in [0.5, 0.6) is 0 Å². The zero-order valence-corrected chi connectivity index (χ0v) is 11.3. The molecule has 1 aromatic rings. The van der Waals surface area contributed by atoms with Crippen molar-refractivity contribution in [1.82, 2.24) is 10.1 Å². The van der Waals surface area contributed by atoms with Gasteiger partial charge >= 0.3 is 5.97 Å². The number of carboxylic acid groups (broad SMARTS) is 1. The van der Waals surface area contributed by atoms with E-state index in [-0.39, 0.29) is 24.1 Å². The van der Waals surface area contributed by atoms with Gasteiger partial charge in [-0.1, -0.05) is 12.1 Å². The fourth-order valence-electron chi connectivity index (χ4n) is 1.38. The predicted molar refractivity (Wildman–Crippen MR) is 62.7 cm³/mol. The van der Waals surface area contributed by atoms with Crippen molar-refractivity contribution in [1.29, 1.82) is 0 Å². The summed E-state index contributed by atoms with van der Waals surface area (Å²) in [4.78, 5) is 14.5. The molecule has 0 amide bonds. The highest BCUT2D eigenvalue weighted by Gasteiger charge is 2.23. The van der Waals surface area contributed by atoms with Crippen LogP contribution < -0.4 is 0 Å². The Bertz CT molecular complexity index is 522. The highest BCUT2D eigenvalue weighted by molar-refractivity contribution is 7.90. The second kappa shape index (κ2) is 5.47. The molecular weight excluding hydrogens is 260 g/mol. The molecule has 2 atom stereocenters. The first kappa shape index (κ1) is 14.6. The normalized spacial score (nSPS) is 15.3. The van der Waals surface area contributed by atoms with Crippen molar-refractivity contribution in [2.24, 2.45) is 5.92 Å². The van der Waals surface area contributed by atoms with Crippen molar-refractivity contribution >= 4 is 15.8 Å². The summed E-state index contributed by atoms with van der Waals surface area (Å²) in [5.41, 5.74) is 0. The van der Waals surface area contributed by atoms with Gasteiger partial charge in [-0.05, 0) is 12.8 Å². The first-order valence-corrected chi connectivity index (χ1v) is 7.38. The molecule has 0 radical (unpaired) electrons. The SMILES string of the molecule is CC(CC(=O)O)Cc1nc(C(C)S(C)(=O)=O)no1. The third kappa shape index (κ3) is 4.10. The van der Waals surface area contributed by atoms with Gasteiger partial charge in [0.15, 0.2) is 15.7 Å². The van der Waals surface area contributed by atoms with E-state index in [1.54, 1.807) is 6.92 Å². The summed E-state index contributed by atoms with van der Waals surface area (Å²) in [7, 11) is -3.27. The summed E-state index contributed by atoms with van der Waals surface area (Å²) in [6.07, 6.45) is 1.41. The molecule has 7 nitrogen and oxygen atoms in total. The van der Waals surface area contributed by atoms with Gasteiger partial charge in [0.1, 0.15) is 5.25 Å². The molecule has 0 fully saturated rings. The maximum Gasteiger partial charge on any atom is 0.303 e. The van der Waals surface area contributed by atoms with Crippen LogP contribution in [0.3, 0.4) is 0 Å². The first-order chi connectivity index (χ1) is 8.20. The summed E-state index contributed by atoms with van der Waals surface area (Å²) in [6.45, 7) is 3.22. The zero-order chi connectivity index (χ0) is 13.9. The molecule has 0 aliphatic heterocycles. The van der Waals surface area contributed by atoms with Crippen LogP contribution in [0.4, 0.5) is 0 Å². The standard InChI is InChI=1S/C10H16N2O5S/c1-6(5-9(13)14)4-8-11-10(12-17-8)7(2)18(3,15)16/h6-7H,4-5H2,1-3H3,(H,13,14). The van der Waals surface area contributed by atoms with E-state index in [0.29, 0.717) is 6.42 Å². The van der Waals surface area contributed by atoms with Gasteiger partial charge in [-0.2, -0.15) is 4.98 Å². The smallest absolute Gasteiger partial charge is 0.303 e. The van der Waals surface area contributed by atoms with E-state index in [2.05, 4.69) is 10.1 Å². The highest BCUT2D eigenvalue weighted by Crippen LogP contribution is 2.19. The van der Waals surface area contributed by atoms with Crippen molar-refractivity contribution in [3.8, 4) is 0 Å². The fraction of sp³-hybridized carbons (Fsp3) is 0.700. The molecular formula is C10H16N2O5S. The number of rotatable bonds is 6. The number of hydrogen-bond donors (Lipinski definition) is 1. The van der Waals surface area contributed by atoms with Crippen LogP contribution in [-0.4, -0.2) is 35.9 Å². The van der Waals surface area contributed by atoms with E-state index in [1.165, 1.54) is 6.92 Å². The van der Waals surface area contributed by atoms with Gasteiger partial charge in [-0.3, -0.25) is 4.79 Å². The maximum atomic E-state index is 11.3. The second-order valence-corrected chi connectivity index (χ2v) is 6.79. The molecule has 0 aliphatic rings. The quantitative estimate of drug-likeness (QED) is 0.819. The molecule has 0 saturated carbocycles. The Morgan fingerprint density at radius 2 is 2.06 bits per heavy atom. The van der Waals surface area contributed by atoms with Gasteiger partial charge in [0.2, 0.25) is 5.89 Å². The van der Waals surface area contributed by atoms with E-state index in [4.69, 9.17) is 9.63 Å². The minimum Gasteiger partial charge on any atom is -0.481 e. The van der Waals surface area contributed by atoms with Crippen LogP contribution in [0.1, 0.15) is 37.2 Å². The molecule has 1 N–H and O–H groups in total. The van der Waals surface area contributed by atoms with Gasteiger partial charge in [-0.15, -0.1) is 0 Å². The van der Waals surface area contributed by atoms with Gasteiger partial charge in [0.05, 0.1) is 0 Å². The lowest BCUT2D eigenvalue weighted by Crippen LogP contribution is -2.10. The lowest BCUT2D eigenvalue weighted by atomic mass is 10.0. The Morgan fingerprint density at radius 1 is 1.44 bits per heavy atom. The van der Waals surface area contributed by atoms with Crippen molar-refractivity contribution in [2.75, 3.05) is 6.26 Å². The van der Waals surface area contributed by atoms with E-state index < -0.39 is 21.1 Å². The van der Waals surface area contributed by atoms with Gasteiger partial charge < -0.3 is 9.63 Å². The van der Waals surface area contributed by atoms with E-state index >= 15 is 0 Å². The third-order valence-electron chi connectivity index (χ3n) is 2.54. The molecule has 0 spiro atoms. The highest BCUT2D eigenvalue weighted by atomic mass is 32.2. The Labute approximate surface area is 105 Å². The minimum atomic E-state index is -3.27. The monoisotopic (exact) mass is 276 g/mol. The van der Waals surface area contributed by atoms with Gasteiger partial charge in [0, 0.05) is 19.1 Å². The predicted octanol–water partition coefficient (Wildman–Crippen LogP) is 0.829. The number of carbonyl (C=O) groups is 1. The van der Waals surface area contributed by atoms with Crippen LogP contribution >= 0.6 is 0 Å². The Balaban J connectivity index is 2.72. The Morgan fingerprint density at radius 3 is 2.56 bits per heavy atom. The number of carboxylic acids is 1. The first-order valence-electron chi connectivity index (χ1n) is 5.43. The summed E-state index contributed by atoms with van der Waals surface area (Å²) in [5, 5.41) is 11.4. The van der Waals surface area contributed by atoms with Crippen LogP contribution in [0.15, 0.2) is 4.52 Å². The minimum absolute atomic E-state index is 0.000651. The summed E-state index contributed by atoms with van der Waals surface area (Å²) in [6, 6.07) is 0. The molecule has 0 bridgehead atoms. The lowest BCUT2D eigenvalue weighted by molar-refractivity contribution is -0.137. The molecule has 0 saturated heterocycles. The summed E-state index contributed by atoms with van der Waals surface area (Å²) >= 11 is 0. The maximum absolute atomic E-state index is 11.3. The van der Waals surface area contributed by atoms with Gasteiger partial charge in [0.25, 0.3) is 0 Å². The Kier molecular flexibility index (Phi) is 4.44. The fourth-order valence-corrected chi connectivity index (χ4v) is 1.85. The number of sulfone groups is 1. The summed E-state index contributed by atoms with van der Waals surface area (Å²) < 4.78 is 27.5. The zero-order valence-electron chi connectivity index (χ0n) is 10.5. The number of nitrogens with zero attached hydrogens (tertiary/aromatic N) is 2.